The van der Waals surface area contributed by atoms with Crippen LogP contribution >= 0.6 is 11.6 Å². The average Bonchev–Trinajstić information content (AvgIpc) is 2.87. The molecule has 0 heterocycles. The number of nitrogens with one attached hydrogen (secondary N) is 1. The summed E-state index contributed by atoms with van der Waals surface area (Å²) in [4.78, 5) is 28.6. The molecule has 0 aliphatic carbocycles. The number of carbonyl (C=O) groups excluding carboxylic acids is 2. The quantitative estimate of drug-likeness (QED) is 0.380. The molecule has 0 saturated carbocycles. The summed E-state index contributed by atoms with van der Waals surface area (Å²) in [6, 6.07) is 24.1. The molecule has 35 heavy (non-hydrogen) atoms. The second-order valence-electron chi connectivity index (χ2n) is 8.73. The molecule has 1 N–H and O–H groups in total. The zero-order valence-corrected chi connectivity index (χ0v) is 21.3. The normalized spacial score (nSPS) is 12.5. The van der Waals surface area contributed by atoms with Gasteiger partial charge in [-0.1, -0.05) is 79.2 Å². The Hall–Kier alpha value is -3.31. The molecule has 184 valence electrons. The first-order chi connectivity index (χ1) is 16.9. The van der Waals surface area contributed by atoms with Gasteiger partial charge in [0.1, 0.15) is 11.8 Å². The van der Waals surface area contributed by atoms with Crippen LogP contribution in [0.3, 0.4) is 0 Å². The standard InChI is InChI=1S/C29H33ClN2O3/c1-4-22(3)31-29(34)27(18-23-11-7-5-8-12-23)32(19-24-13-9-6-10-14-24)28(33)20-35-25-15-16-26(30)21(2)17-25/h5-17,22,27H,4,18-20H2,1-3H3,(H,31,34). The van der Waals surface area contributed by atoms with Gasteiger partial charge in [-0.15, -0.1) is 0 Å². The second-order valence-corrected chi connectivity index (χ2v) is 9.14. The number of rotatable bonds is 11. The Balaban J connectivity index is 1.89. The molecule has 0 saturated heterocycles. The summed E-state index contributed by atoms with van der Waals surface area (Å²) in [5.41, 5.74) is 2.79. The number of hydrogen-bond donors (Lipinski definition) is 1. The first-order valence-electron chi connectivity index (χ1n) is 11.9. The molecule has 3 aromatic rings. The minimum Gasteiger partial charge on any atom is -0.484 e. The fraction of sp³-hybridized carbons (Fsp3) is 0.310. The van der Waals surface area contributed by atoms with Crippen LogP contribution in [-0.2, 0) is 22.6 Å². The lowest BCUT2D eigenvalue weighted by atomic mass is 10.0. The molecule has 5 nitrogen and oxygen atoms in total. The molecule has 2 atom stereocenters. The van der Waals surface area contributed by atoms with Crippen molar-refractivity contribution in [2.75, 3.05) is 6.61 Å². The lowest BCUT2D eigenvalue weighted by Crippen LogP contribution is -2.53. The SMILES string of the molecule is CCC(C)NC(=O)C(Cc1ccccc1)N(Cc1ccccc1)C(=O)COc1ccc(Cl)c(C)c1. The van der Waals surface area contributed by atoms with Crippen molar-refractivity contribution in [3.05, 3.63) is 101 Å². The highest BCUT2D eigenvalue weighted by atomic mass is 35.5. The van der Waals surface area contributed by atoms with Crippen molar-refractivity contribution in [2.24, 2.45) is 0 Å². The van der Waals surface area contributed by atoms with E-state index in [1.807, 2.05) is 81.4 Å². The van der Waals surface area contributed by atoms with Gasteiger partial charge < -0.3 is 15.0 Å². The van der Waals surface area contributed by atoms with Gasteiger partial charge in [-0.3, -0.25) is 9.59 Å². The van der Waals surface area contributed by atoms with E-state index in [2.05, 4.69) is 5.32 Å². The third-order valence-electron chi connectivity index (χ3n) is 5.96. The van der Waals surface area contributed by atoms with Gasteiger partial charge in [-0.05, 0) is 55.2 Å². The van der Waals surface area contributed by atoms with Gasteiger partial charge >= 0.3 is 0 Å². The van der Waals surface area contributed by atoms with Crippen molar-refractivity contribution in [3.8, 4) is 5.75 Å². The molecule has 0 fully saturated rings. The maximum atomic E-state index is 13.6. The van der Waals surface area contributed by atoms with Crippen LogP contribution in [-0.4, -0.2) is 35.4 Å². The fourth-order valence-corrected chi connectivity index (χ4v) is 3.83. The van der Waals surface area contributed by atoms with E-state index in [0.29, 0.717) is 23.7 Å². The summed E-state index contributed by atoms with van der Waals surface area (Å²) in [5, 5.41) is 3.71. The summed E-state index contributed by atoms with van der Waals surface area (Å²) in [5.74, 6) is 0.125. The van der Waals surface area contributed by atoms with Crippen LogP contribution in [0.5, 0.6) is 5.75 Å². The molecule has 0 radical (unpaired) electrons. The summed E-state index contributed by atoms with van der Waals surface area (Å²) in [6.07, 6.45) is 1.21. The lowest BCUT2D eigenvalue weighted by Gasteiger charge is -2.32. The minimum absolute atomic E-state index is 0.00254. The zero-order chi connectivity index (χ0) is 25.2. The van der Waals surface area contributed by atoms with Gasteiger partial charge in [0.25, 0.3) is 5.91 Å². The summed E-state index contributed by atoms with van der Waals surface area (Å²) in [6.45, 7) is 5.98. The monoisotopic (exact) mass is 492 g/mol. The van der Waals surface area contributed by atoms with E-state index >= 15 is 0 Å². The average molecular weight is 493 g/mol. The Morgan fingerprint density at radius 1 is 0.971 bits per heavy atom. The highest BCUT2D eigenvalue weighted by molar-refractivity contribution is 6.31. The van der Waals surface area contributed by atoms with E-state index in [9.17, 15) is 9.59 Å². The molecule has 0 aromatic heterocycles. The number of benzene rings is 3. The van der Waals surface area contributed by atoms with Crippen molar-refractivity contribution >= 4 is 23.4 Å². The van der Waals surface area contributed by atoms with Crippen LogP contribution in [0.25, 0.3) is 0 Å². The number of hydrogen-bond acceptors (Lipinski definition) is 3. The molecule has 0 aliphatic rings. The van der Waals surface area contributed by atoms with Crippen LogP contribution in [0.15, 0.2) is 78.9 Å². The van der Waals surface area contributed by atoms with E-state index in [1.165, 1.54) is 0 Å². The van der Waals surface area contributed by atoms with Crippen molar-refractivity contribution < 1.29 is 14.3 Å². The lowest BCUT2D eigenvalue weighted by molar-refractivity contribution is -0.143. The number of ether oxygens (including phenoxy) is 1. The number of carbonyl (C=O) groups is 2. The molecule has 6 heteroatoms. The van der Waals surface area contributed by atoms with Gasteiger partial charge in [0, 0.05) is 24.0 Å². The molecule has 3 aromatic carbocycles. The summed E-state index contributed by atoms with van der Waals surface area (Å²) >= 11 is 6.12. The number of nitrogens with zero attached hydrogens (tertiary/aromatic N) is 1. The Labute approximate surface area is 213 Å². The molecule has 0 aliphatic heterocycles. The van der Waals surface area contributed by atoms with E-state index in [0.717, 1.165) is 23.1 Å². The van der Waals surface area contributed by atoms with Crippen LogP contribution in [0.4, 0.5) is 0 Å². The van der Waals surface area contributed by atoms with Gasteiger partial charge in [0.05, 0.1) is 0 Å². The van der Waals surface area contributed by atoms with Gasteiger partial charge in [0.2, 0.25) is 5.91 Å². The molecule has 3 rings (SSSR count). The Morgan fingerprint density at radius 2 is 1.60 bits per heavy atom. The molecular weight excluding hydrogens is 460 g/mol. The minimum atomic E-state index is -0.685. The molecule has 2 amide bonds. The van der Waals surface area contributed by atoms with Crippen LogP contribution in [0, 0.1) is 6.92 Å². The molecule has 2 unspecified atom stereocenters. The zero-order valence-electron chi connectivity index (χ0n) is 20.5. The predicted molar refractivity (Wildman–Crippen MR) is 141 cm³/mol. The van der Waals surface area contributed by atoms with Crippen LogP contribution in [0.1, 0.15) is 37.0 Å². The molecule has 0 spiro atoms. The highest BCUT2D eigenvalue weighted by Gasteiger charge is 2.31. The van der Waals surface area contributed by atoms with Crippen LogP contribution < -0.4 is 10.1 Å². The van der Waals surface area contributed by atoms with E-state index < -0.39 is 6.04 Å². The first kappa shape index (κ1) is 26.3. The highest BCUT2D eigenvalue weighted by Crippen LogP contribution is 2.22. The topological polar surface area (TPSA) is 58.6 Å². The Morgan fingerprint density at radius 3 is 2.20 bits per heavy atom. The third kappa shape index (κ3) is 7.86. The largest absolute Gasteiger partial charge is 0.484 e. The predicted octanol–water partition coefficient (Wildman–Crippen LogP) is 5.58. The van der Waals surface area contributed by atoms with Crippen molar-refractivity contribution in [1.29, 1.82) is 0 Å². The second kappa shape index (κ2) is 13.0. The van der Waals surface area contributed by atoms with Crippen LogP contribution in [0.2, 0.25) is 5.02 Å². The van der Waals surface area contributed by atoms with Gasteiger partial charge in [0.15, 0.2) is 6.61 Å². The number of amides is 2. The van der Waals surface area contributed by atoms with Crippen molar-refractivity contribution in [1.82, 2.24) is 10.2 Å². The Kier molecular flexibility index (Phi) is 9.74. The number of halogens is 1. The maximum absolute atomic E-state index is 13.6. The maximum Gasteiger partial charge on any atom is 0.261 e. The van der Waals surface area contributed by atoms with Crippen molar-refractivity contribution in [2.45, 2.75) is 52.2 Å². The summed E-state index contributed by atoms with van der Waals surface area (Å²) in [7, 11) is 0. The molecular formula is C29H33ClN2O3. The van der Waals surface area contributed by atoms with Gasteiger partial charge in [-0.2, -0.15) is 0 Å². The third-order valence-corrected chi connectivity index (χ3v) is 6.38. The smallest absolute Gasteiger partial charge is 0.261 e. The van der Waals surface area contributed by atoms with E-state index in [4.69, 9.17) is 16.3 Å². The van der Waals surface area contributed by atoms with Crippen molar-refractivity contribution in [3.63, 3.8) is 0 Å². The number of aryl methyl sites for hydroxylation is 1. The first-order valence-corrected chi connectivity index (χ1v) is 12.3. The molecule has 0 bridgehead atoms. The van der Waals surface area contributed by atoms with E-state index in [-0.39, 0.29) is 24.5 Å². The Bertz CT molecular complexity index is 1110. The van der Waals surface area contributed by atoms with Gasteiger partial charge in [-0.25, -0.2) is 0 Å². The fourth-order valence-electron chi connectivity index (χ4n) is 3.71. The summed E-state index contributed by atoms with van der Waals surface area (Å²) < 4.78 is 5.82. The van der Waals surface area contributed by atoms with E-state index in [1.54, 1.807) is 23.1 Å².